The van der Waals surface area contributed by atoms with Gasteiger partial charge < -0.3 is 10.3 Å². The molecule has 136 valence electrons. The first-order valence-corrected chi connectivity index (χ1v) is 9.82. The summed E-state index contributed by atoms with van der Waals surface area (Å²) in [6.45, 7) is 3.98. The van der Waals surface area contributed by atoms with E-state index >= 15 is 0 Å². The summed E-state index contributed by atoms with van der Waals surface area (Å²) in [6, 6.07) is 18.2. The van der Waals surface area contributed by atoms with Gasteiger partial charge in [-0.1, -0.05) is 48.5 Å². The van der Waals surface area contributed by atoms with Crippen LogP contribution >= 0.6 is 11.3 Å². The second-order valence-corrected chi connectivity index (χ2v) is 7.93. The molecule has 0 aliphatic carbocycles. The SMILES string of the molecule is Cc1sc(-c2ccccc2)nc1C(=O)N[C@H](C)Cc1c[nH]c2ccccc12. The molecule has 1 amide bonds. The molecule has 0 aliphatic rings. The van der Waals surface area contributed by atoms with Gasteiger partial charge in [-0.05, 0) is 31.9 Å². The van der Waals surface area contributed by atoms with Crippen LogP contribution in [0.5, 0.6) is 0 Å². The molecular weight excluding hydrogens is 354 g/mol. The summed E-state index contributed by atoms with van der Waals surface area (Å²) in [5.41, 5.74) is 3.88. The van der Waals surface area contributed by atoms with Gasteiger partial charge in [-0.15, -0.1) is 11.3 Å². The third-order valence-corrected chi connectivity index (χ3v) is 5.63. The minimum atomic E-state index is -0.113. The number of aromatic nitrogens is 2. The maximum absolute atomic E-state index is 12.7. The molecule has 2 aromatic carbocycles. The minimum Gasteiger partial charge on any atom is -0.361 e. The highest BCUT2D eigenvalue weighted by Crippen LogP contribution is 2.27. The predicted octanol–water partition coefficient (Wildman–Crippen LogP) is 4.96. The number of nitrogens with one attached hydrogen (secondary N) is 2. The van der Waals surface area contributed by atoms with E-state index in [1.165, 1.54) is 10.9 Å². The number of thiazole rings is 1. The Balaban J connectivity index is 1.48. The van der Waals surface area contributed by atoms with Crippen LogP contribution in [0.3, 0.4) is 0 Å². The predicted molar refractivity (Wildman–Crippen MR) is 111 cm³/mol. The van der Waals surface area contributed by atoms with Crippen molar-refractivity contribution in [2.75, 3.05) is 0 Å². The summed E-state index contributed by atoms with van der Waals surface area (Å²) < 4.78 is 0. The van der Waals surface area contributed by atoms with Crippen LogP contribution in [-0.2, 0) is 6.42 Å². The molecule has 4 rings (SSSR count). The number of amides is 1. The molecule has 0 unspecified atom stereocenters. The lowest BCUT2D eigenvalue weighted by Crippen LogP contribution is -2.34. The summed E-state index contributed by atoms with van der Waals surface area (Å²) >= 11 is 1.55. The standard InChI is InChI=1S/C22H21N3OS/c1-14(12-17-13-23-19-11-7-6-10-18(17)19)24-21(26)20-15(2)27-22(25-20)16-8-4-3-5-9-16/h3-11,13-14,23H,12H2,1-2H3,(H,24,26)/t14-/m1/s1. The number of fused-ring (bicyclic) bond motifs is 1. The van der Waals surface area contributed by atoms with Gasteiger partial charge in [0.15, 0.2) is 0 Å². The van der Waals surface area contributed by atoms with Gasteiger partial charge >= 0.3 is 0 Å². The second-order valence-electron chi connectivity index (χ2n) is 6.73. The number of hydrogen-bond donors (Lipinski definition) is 2. The van der Waals surface area contributed by atoms with E-state index in [1.807, 2.05) is 62.5 Å². The Hall–Kier alpha value is -2.92. The fourth-order valence-corrected chi connectivity index (χ4v) is 4.20. The molecule has 2 aromatic heterocycles. The van der Waals surface area contributed by atoms with Crippen molar-refractivity contribution in [2.45, 2.75) is 26.3 Å². The van der Waals surface area contributed by atoms with Crippen molar-refractivity contribution in [3.63, 3.8) is 0 Å². The topological polar surface area (TPSA) is 57.8 Å². The number of carbonyl (C=O) groups excluding carboxylic acids is 1. The molecule has 2 N–H and O–H groups in total. The molecule has 5 heteroatoms. The molecule has 0 spiro atoms. The summed E-state index contributed by atoms with van der Waals surface area (Å²) in [5.74, 6) is -0.113. The zero-order valence-electron chi connectivity index (χ0n) is 15.3. The number of aryl methyl sites for hydroxylation is 1. The van der Waals surface area contributed by atoms with E-state index < -0.39 is 0 Å². The number of hydrogen-bond acceptors (Lipinski definition) is 3. The quantitative estimate of drug-likeness (QED) is 0.518. The van der Waals surface area contributed by atoms with Gasteiger partial charge in [-0.3, -0.25) is 4.79 Å². The number of nitrogens with zero attached hydrogens (tertiary/aromatic N) is 1. The van der Waals surface area contributed by atoms with E-state index in [9.17, 15) is 4.79 Å². The van der Waals surface area contributed by atoms with Crippen molar-refractivity contribution in [3.8, 4) is 10.6 Å². The summed E-state index contributed by atoms with van der Waals surface area (Å²) in [5, 5.41) is 5.18. The Morgan fingerprint density at radius 1 is 1.15 bits per heavy atom. The van der Waals surface area contributed by atoms with Crippen LogP contribution in [0, 0.1) is 6.92 Å². The maximum atomic E-state index is 12.7. The highest BCUT2D eigenvalue weighted by atomic mass is 32.1. The highest BCUT2D eigenvalue weighted by molar-refractivity contribution is 7.15. The molecule has 1 atom stereocenters. The van der Waals surface area contributed by atoms with Gasteiger partial charge in [0.25, 0.3) is 5.91 Å². The fourth-order valence-electron chi connectivity index (χ4n) is 3.28. The molecule has 0 bridgehead atoms. The number of aromatic amines is 1. The molecule has 0 fully saturated rings. The van der Waals surface area contributed by atoms with Crippen molar-refractivity contribution in [3.05, 3.63) is 76.9 Å². The fraction of sp³-hybridized carbons (Fsp3) is 0.182. The van der Waals surface area contributed by atoms with E-state index in [2.05, 4.69) is 27.4 Å². The first-order valence-electron chi connectivity index (χ1n) is 9.00. The van der Waals surface area contributed by atoms with Crippen LogP contribution in [0.4, 0.5) is 0 Å². The van der Waals surface area contributed by atoms with Crippen LogP contribution < -0.4 is 5.32 Å². The average molecular weight is 375 g/mol. The van der Waals surface area contributed by atoms with Crippen LogP contribution in [0.15, 0.2) is 60.8 Å². The zero-order chi connectivity index (χ0) is 18.8. The van der Waals surface area contributed by atoms with Crippen molar-refractivity contribution in [1.29, 1.82) is 0 Å². The first kappa shape index (κ1) is 17.5. The summed E-state index contributed by atoms with van der Waals surface area (Å²) in [4.78, 5) is 21.5. The highest BCUT2D eigenvalue weighted by Gasteiger charge is 2.18. The number of rotatable bonds is 5. The number of benzene rings is 2. The molecular formula is C22H21N3OS. The zero-order valence-corrected chi connectivity index (χ0v) is 16.1. The summed E-state index contributed by atoms with van der Waals surface area (Å²) in [6.07, 6.45) is 2.79. The van der Waals surface area contributed by atoms with Gasteiger partial charge in [0.2, 0.25) is 0 Å². The Bertz CT molecular complexity index is 1080. The van der Waals surface area contributed by atoms with Gasteiger partial charge in [0, 0.05) is 33.6 Å². The molecule has 0 aliphatic heterocycles. The monoisotopic (exact) mass is 375 g/mol. The average Bonchev–Trinajstić information content (AvgIpc) is 3.26. The molecule has 2 heterocycles. The lowest BCUT2D eigenvalue weighted by atomic mass is 10.1. The molecule has 27 heavy (non-hydrogen) atoms. The van der Waals surface area contributed by atoms with Gasteiger partial charge in [-0.2, -0.15) is 0 Å². The first-order chi connectivity index (χ1) is 13.1. The molecule has 0 saturated carbocycles. The number of para-hydroxylation sites is 1. The maximum Gasteiger partial charge on any atom is 0.271 e. The normalized spacial score (nSPS) is 12.2. The van der Waals surface area contributed by atoms with Crippen LogP contribution in [0.1, 0.15) is 27.9 Å². The molecule has 0 radical (unpaired) electrons. The van der Waals surface area contributed by atoms with Crippen LogP contribution in [0.25, 0.3) is 21.5 Å². The Labute approximate surface area is 162 Å². The van der Waals surface area contributed by atoms with Gasteiger partial charge in [0.05, 0.1) is 0 Å². The molecule has 4 aromatic rings. The molecule has 0 saturated heterocycles. The van der Waals surface area contributed by atoms with Crippen molar-refractivity contribution >= 4 is 28.1 Å². The van der Waals surface area contributed by atoms with Crippen molar-refractivity contribution in [1.82, 2.24) is 15.3 Å². The third kappa shape index (κ3) is 3.64. The smallest absolute Gasteiger partial charge is 0.271 e. The minimum absolute atomic E-state index is 0.0120. The molecule has 4 nitrogen and oxygen atoms in total. The van der Waals surface area contributed by atoms with E-state index in [-0.39, 0.29) is 11.9 Å². The third-order valence-electron chi connectivity index (χ3n) is 4.61. The lowest BCUT2D eigenvalue weighted by molar-refractivity contribution is 0.0935. The Morgan fingerprint density at radius 3 is 2.70 bits per heavy atom. The lowest BCUT2D eigenvalue weighted by Gasteiger charge is -2.13. The summed E-state index contributed by atoms with van der Waals surface area (Å²) in [7, 11) is 0. The van der Waals surface area contributed by atoms with E-state index in [1.54, 1.807) is 11.3 Å². The Kier molecular flexibility index (Phi) is 4.77. The van der Waals surface area contributed by atoms with Gasteiger partial charge in [-0.25, -0.2) is 4.98 Å². The van der Waals surface area contributed by atoms with E-state index in [4.69, 9.17) is 0 Å². The van der Waals surface area contributed by atoms with Crippen LogP contribution in [-0.4, -0.2) is 21.9 Å². The van der Waals surface area contributed by atoms with E-state index in [0.29, 0.717) is 5.69 Å². The van der Waals surface area contributed by atoms with Gasteiger partial charge in [0.1, 0.15) is 10.7 Å². The largest absolute Gasteiger partial charge is 0.361 e. The van der Waals surface area contributed by atoms with E-state index in [0.717, 1.165) is 27.4 Å². The Morgan fingerprint density at radius 2 is 1.89 bits per heavy atom. The van der Waals surface area contributed by atoms with Crippen molar-refractivity contribution in [2.24, 2.45) is 0 Å². The van der Waals surface area contributed by atoms with Crippen molar-refractivity contribution < 1.29 is 4.79 Å². The van der Waals surface area contributed by atoms with Crippen LogP contribution in [0.2, 0.25) is 0 Å². The number of H-pyrrole nitrogens is 1. The second kappa shape index (κ2) is 7.37. The number of carbonyl (C=O) groups is 1.